The molecule has 2 aromatic carbocycles. The molecule has 0 unspecified atom stereocenters. The van der Waals surface area contributed by atoms with Gasteiger partial charge in [0.25, 0.3) is 5.91 Å². The molecule has 0 saturated heterocycles. The number of ether oxygens (including phenoxy) is 1. The van der Waals surface area contributed by atoms with E-state index in [-0.39, 0.29) is 5.91 Å². The summed E-state index contributed by atoms with van der Waals surface area (Å²) in [7, 11) is 1.54. The third-order valence-electron chi connectivity index (χ3n) is 3.76. The molecule has 0 fully saturated rings. The van der Waals surface area contributed by atoms with Crippen molar-refractivity contribution < 1.29 is 9.53 Å². The summed E-state index contributed by atoms with van der Waals surface area (Å²) < 4.78 is 6.84. The minimum atomic E-state index is -0.200. The number of para-hydroxylation sites is 1. The Labute approximate surface area is 139 Å². The number of aromatic nitrogens is 4. The number of anilines is 1. The van der Waals surface area contributed by atoms with E-state index in [0.29, 0.717) is 17.0 Å². The van der Waals surface area contributed by atoms with Gasteiger partial charge < -0.3 is 10.1 Å². The summed E-state index contributed by atoms with van der Waals surface area (Å²) in [6.45, 7) is 3.92. The number of hydrogen-bond acceptors (Lipinski definition) is 5. The fraction of sp³-hybridized carbons (Fsp3) is 0.176. The Balaban J connectivity index is 1.91. The zero-order valence-corrected chi connectivity index (χ0v) is 13.6. The lowest BCUT2D eigenvalue weighted by molar-refractivity contribution is 0.102. The SMILES string of the molecule is COc1cc(C(=O)Nc2c(C)cccc2C)ccc1-n1cnnn1. The molecule has 0 aliphatic heterocycles. The Morgan fingerprint density at radius 2 is 1.92 bits per heavy atom. The van der Waals surface area contributed by atoms with Crippen LogP contribution in [0.4, 0.5) is 5.69 Å². The van der Waals surface area contributed by atoms with Gasteiger partial charge in [0.15, 0.2) is 0 Å². The minimum absolute atomic E-state index is 0.200. The van der Waals surface area contributed by atoms with Crippen molar-refractivity contribution in [2.45, 2.75) is 13.8 Å². The number of hydrogen-bond donors (Lipinski definition) is 1. The summed E-state index contributed by atoms with van der Waals surface area (Å²) in [6.07, 6.45) is 1.47. The van der Waals surface area contributed by atoms with Crippen LogP contribution in [0.2, 0.25) is 0 Å². The van der Waals surface area contributed by atoms with Crippen molar-refractivity contribution in [2.24, 2.45) is 0 Å². The second-order valence-electron chi connectivity index (χ2n) is 5.36. The van der Waals surface area contributed by atoms with Gasteiger partial charge in [-0.05, 0) is 53.6 Å². The molecule has 0 atom stereocenters. The van der Waals surface area contributed by atoms with E-state index in [0.717, 1.165) is 16.8 Å². The maximum absolute atomic E-state index is 12.6. The fourth-order valence-electron chi connectivity index (χ4n) is 2.48. The molecule has 3 rings (SSSR count). The van der Waals surface area contributed by atoms with E-state index in [1.165, 1.54) is 18.1 Å². The molecule has 7 nitrogen and oxygen atoms in total. The lowest BCUT2D eigenvalue weighted by atomic mass is 10.1. The Kier molecular flexibility index (Phi) is 4.24. The molecular formula is C17H17N5O2. The van der Waals surface area contributed by atoms with Crippen LogP contribution in [0.15, 0.2) is 42.7 Å². The number of methoxy groups -OCH3 is 1. The number of carbonyl (C=O) groups excluding carboxylic acids is 1. The zero-order valence-electron chi connectivity index (χ0n) is 13.6. The lowest BCUT2D eigenvalue weighted by Gasteiger charge is -2.13. The highest BCUT2D eigenvalue weighted by atomic mass is 16.5. The molecule has 24 heavy (non-hydrogen) atoms. The van der Waals surface area contributed by atoms with Gasteiger partial charge in [0, 0.05) is 11.3 Å². The van der Waals surface area contributed by atoms with Crippen LogP contribution in [0.5, 0.6) is 5.75 Å². The first kappa shape index (κ1) is 15.7. The molecule has 1 aromatic heterocycles. The van der Waals surface area contributed by atoms with Crippen molar-refractivity contribution in [3.63, 3.8) is 0 Å². The molecule has 0 bridgehead atoms. The summed E-state index contributed by atoms with van der Waals surface area (Å²) >= 11 is 0. The molecule has 1 heterocycles. The Morgan fingerprint density at radius 3 is 2.54 bits per heavy atom. The molecule has 122 valence electrons. The highest BCUT2D eigenvalue weighted by Gasteiger charge is 2.14. The summed E-state index contributed by atoms with van der Waals surface area (Å²) in [5.74, 6) is 0.311. The molecule has 0 spiro atoms. The number of carbonyl (C=O) groups is 1. The third kappa shape index (κ3) is 2.96. The quantitative estimate of drug-likeness (QED) is 0.798. The third-order valence-corrected chi connectivity index (χ3v) is 3.76. The standard InChI is InChI=1S/C17H17N5O2/c1-11-5-4-6-12(2)16(11)19-17(23)13-7-8-14(15(9-13)24-3)22-10-18-20-21-22/h4-10H,1-3H3,(H,19,23). The molecular weight excluding hydrogens is 306 g/mol. The second-order valence-corrected chi connectivity index (χ2v) is 5.36. The van der Waals surface area contributed by atoms with Crippen LogP contribution in [-0.4, -0.2) is 33.2 Å². The number of rotatable bonds is 4. The van der Waals surface area contributed by atoms with Crippen molar-refractivity contribution in [3.8, 4) is 11.4 Å². The number of amides is 1. The first-order valence-corrected chi connectivity index (χ1v) is 7.39. The predicted octanol–water partition coefficient (Wildman–Crippen LogP) is 2.54. The van der Waals surface area contributed by atoms with Crippen molar-refractivity contribution in [3.05, 3.63) is 59.4 Å². The van der Waals surface area contributed by atoms with Crippen LogP contribution >= 0.6 is 0 Å². The largest absolute Gasteiger partial charge is 0.494 e. The van der Waals surface area contributed by atoms with E-state index >= 15 is 0 Å². The van der Waals surface area contributed by atoms with E-state index in [9.17, 15) is 4.79 Å². The molecule has 0 saturated carbocycles. The van der Waals surface area contributed by atoms with Crippen molar-refractivity contribution in [2.75, 3.05) is 12.4 Å². The van der Waals surface area contributed by atoms with Crippen LogP contribution in [0.25, 0.3) is 5.69 Å². The minimum Gasteiger partial charge on any atom is -0.494 e. The Morgan fingerprint density at radius 1 is 1.17 bits per heavy atom. The van der Waals surface area contributed by atoms with Crippen molar-refractivity contribution >= 4 is 11.6 Å². The first-order chi connectivity index (χ1) is 11.6. The van der Waals surface area contributed by atoms with Crippen LogP contribution in [0.3, 0.4) is 0 Å². The molecule has 0 aliphatic carbocycles. The number of aryl methyl sites for hydroxylation is 2. The van der Waals surface area contributed by atoms with E-state index in [2.05, 4.69) is 20.8 Å². The summed E-state index contributed by atoms with van der Waals surface area (Å²) in [6, 6.07) is 11.0. The smallest absolute Gasteiger partial charge is 0.255 e. The molecule has 7 heteroatoms. The Hall–Kier alpha value is -3.22. The summed E-state index contributed by atoms with van der Waals surface area (Å²) in [5.41, 5.74) is 4.00. The van der Waals surface area contributed by atoms with Crippen LogP contribution < -0.4 is 10.1 Å². The van der Waals surface area contributed by atoms with E-state index in [1.807, 2.05) is 32.0 Å². The van der Waals surface area contributed by atoms with Gasteiger partial charge in [0.1, 0.15) is 17.8 Å². The number of tetrazole rings is 1. The molecule has 0 aliphatic rings. The summed E-state index contributed by atoms with van der Waals surface area (Å²) in [5, 5.41) is 14.0. The van der Waals surface area contributed by atoms with Gasteiger partial charge in [-0.25, -0.2) is 0 Å². The van der Waals surface area contributed by atoms with Gasteiger partial charge in [-0.3, -0.25) is 4.79 Å². The Bertz CT molecular complexity index is 854. The monoisotopic (exact) mass is 323 g/mol. The van der Waals surface area contributed by atoms with Gasteiger partial charge in [-0.15, -0.1) is 5.10 Å². The number of nitrogens with zero attached hydrogens (tertiary/aromatic N) is 4. The molecule has 1 N–H and O–H groups in total. The van der Waals surface area contributed by atoms with Crippen molar-refractivity contribution in [1.82, 2.24) is 20.2 Å². The molecule has 0 radical (unpaired) electrons. The maximum atomic E-state index is 12.6. The van der Waals surface area contributed by atoms with Crippen molar-refractivity contribution in [1.29, 1.82) is 0 Å². The zero-order chi connectivity index (χ0) is 17.1. The number of benzene rings is 2. The highest BCUT2D eigenvalue weighted by molar-refractivity contribution is 6.05. The average Bonchev–Trinajstić information content (AvgIpc) is 3.12. The normalized spacial score (nSPS) is 10.5. The summed E-state index contributed by atoms with van der Waals surface area (Å²) in [4.78, 5) is 12.6. The first-order valence-electron chi connectivity index (χ1n) is 7.39. The van der Waals surface area contributed by atoms with Crippen LogP contribution in [0, 0.1) is 13.8 Å². The van der Waals surface area contributed by atoms with Gasteiger partial charge in [0.05, 0.1) is 7.11 Å². The highest BCUT2D eigenvalue weighted by Crippen LogP contribution is 2.25. The van der Waals surface area contributed by atoms with Gasteiger partial charge in [-0.1, -0.05) is 18.2 Å². The maximum Gasteiger partial charge on any atom is 0.255 e. The predicted molar refractivity (Wildman–Crippen MR) is 89.6 cm³/mol. The average molecular weight is 323 g/mol. The van der Waals surface area contributed by atoms with Gasteiger partial charge >= 0.3 is 0 Å². The molecule has 1 amide bonds. The second kappa shape index (κ2) is 6.49. The van der Waals surface area contributed by atoms with E-state index in [1.54, 1.807) is 18.2 Å². The van der Waals surface area contributed by atoms with Crippen LogP contribution in [0.1, 0.15) is 21.5 Å². The lowest BCUT2D eigenvalue weighted by Crippen LogP contribution is -2.14. The fourth-order valence-corrected chi connectivity index (χ4v) is 2.48. The van der Waals surface area contributed by atoms with Gasteiger partial charge in [0.2, 0.25) is 0 Å². The van der Waals surface area contributed by atoms with Gasteiger partial charge in [-0.2, -0.15) is 4.68 Å². The van der Waals surface area contributed by atoms with Crippen LogP contribution in [-0.2, 0) is 0 Å². The van der Waals surface area contributed by atoms with E-state index < -0.39 is 0 Å². The molecule has 3 aromatic rings. The topological polar surface area (TPSA) is 81.9 Å². The number of nitrogens with one attached hydrogen (secondary N) is 1. The van der Waals surface area contributed by atoms with E-state index in [4.69, 9.17) is 4.74 Å².